The van der Waals surface area contributed by atoms with Crippen LogP contribution in [0.3, 0.4) is 0 Å². The lowest BCUT2D eigenvalue weighted by Gasteiger charge is -2.07. The van der Waals surface area contributed by atoms with Gasteiger partial charge in [0.05, 0.1) is 27.8 Å². The number of nitrogens with one attached hydrogen (secondary N) is 1. The minimum Gasteiger partial charge on any atom is -0.356 e. The third-order valence-electron chi connectivity index (χ3n) is 3.06. The molecule has 0 fully saturated rings. The predicted molar refractivity (Wildman–Crippen MR) is 67.9 cm³/mol. The van der Waals surface area contributed by atoms with Crippen LogP contribution in [0.25, 0.3) is 22.1 Å². The second-order valence-electron chi connectivity index (χ2n) is 4.10. The number of aromatic amines is 1. The average Bonchev–Trinajstić information content (AvgIpc) is 2.81. The number of aromatic nitrogens is 4. The van der Waals surface area contributed by atoms with Gasteiger partial charge in [0.25, 0.3) is 0 Å². The lowest BCUT2D eigenvalue weighted by molar-refractivity contribution is 0.930. The smallest absolute Gasteiger partial charge is 0.116 e. The highest BCUT2D eigenvalue weighted by molar-refractivity contribution is 5.90. The van der Waals surface area contributed by atoms with Crippen molar-refractivity contribution >= 4 is 22.1 Å². The van der Waals surface area contributed by atoms with Gasteiger partial charge in [-0.05, 0) is 25.0 Å². The van der Waals surface area contributed by atoms with Crippen LogP contribution < -0.4 is 0 Å². The van der Waals surface area contributed by atoms with Crippen LogP contribution in [0.4, 0.5) is 0 Å². The molecule has 0 aliphatic rings. The number of fused-ring (bicyclic) bond motifs is 2. The Morgan fingerprint density at radius 2 is 1.76 bits per heavy atom. The molecule has 0 aliphatic heterocycles. The zero-order valence-corrected chi connectivity index (χ0v) is 9.99. The third-order valence-corrected chi connectivity index (χ3v) is 3.06. The molecule has 0 atom stereocenters. The van der Waals surface area contributed by atoms with Crippen molar-refractivity contribution in [2.24, 2.45) is 0 Å². The molecule has 0 saturated carbocycles. The molecular weight excluding hydrogens is 212 g/mol. The van der Waals surface area contributed by atoms with Crippen LogP contribution in [0.5, 0.6) is 0 Å². The van der Waals surface area contributed by atoms with Crippen molar-refractivity contribution in [3.05, 3.63) is 29.8 Å². The van der Waals surface area contributed by atoms with Crippen LogP contribution in [-0.4, -0.2) is 19.9 Å². The van der Waals surface area contributed by atoms with E-state index in [1.807, 2.05) is 12.1 Å². The van der Waals surface area contributed by atoms with Crippen molar-refractivity contribution in [2.75, 3.05) is 0 Å². The molecule has 17 heavy (non-hydrogen) atoms. The van der Waals surface area contributed by atoms with E-state index in [0.29, 0.717) is 0 Å². The molecule has 2 aromatic heterocycles. The normalized spacial score (nSPS) is 11.4. The molecule has 0 bridgehead atoms. The average molecular weight is 226 g/mol. The second-order valence-corrected chi connectivity index (χ2v) is 4.10. The summed E-state index contributed by atoms with van der Waals surface area (Å²) < 4.78 is 0. The van der Waals surface area contributed by atoms with E-state index in [-0.39, 0.29) is 0 Å². The van der Waals surface area contributed by atoms with Crippen molar-refractivity contribution < 1.29 is 0 Å². The van der Waals surface area contributed by atoms with Gasteiger partial charge in [-0.1, -0.05) is 13.8 Å². The minimum atomic E-state index is 0.907. The van der Waals surface area contributed by atoms with Gasteiger partial charge in [-0.15, -0.1) is 0 Å². The Bertz CT molecular complexity index is 627. The van der Waals surface area contributed by atoms with Crippen LogP contribution in [0, 0.1) is 0 Å². The number of imidazole rings is 1. The highest BCUT2D eigenvalue weighted by Crippen LogP contribution is 2.19. The maximum absolute atomic E-state index is 4.70. The fourth-order valence-corrected chi connectivity index (χ4v) is 2.15. The number of benzene rings is 1. The lowest BCUT2D eigenvalue weighted by Crippen LogP contribution is -2.00. The number of H-pyrrole nitrogens is 1. The molecular formula is C13H14N4. The summed E-state index contributed by atoms with van der Waals surface area (Å²) in [5, 5.41) is 0. The molecule has 3 aromatic rings. The van der Waals surface area contributed by atoms with Gasteiger partial charge < -0.3 is 4.98 Å². The van der Waals surface area contributed by atoms with Gasteiger partial charge in [0, 0.05) is 5.69 Å². The summed E-state index contributed by atoms with van der Waals surface area (Å²) in [6.07, 6.45) is 3.50. The summed E-state index contributed by atoms with van der Waals surface area (Å²) in [6, 6.07) is 4.01. The highest BCUT2D eigenvalue weighted by Gasteiger charge is 2.06. The maximum Gasteiger partial charge on any atom is 0.116 e. The molecule has 0 radical (unpaired) electrons. The second kappa shape index (κ2) is 3.80. The summed E-state index contributed by atoms with van der Waals surface area (Å²) >= 11 is 0. The van der Waals surface area contributed by atoms with Crippen LogP contribution in [0.1, 0.15) is 25.2 Å². The molecule has 0 saturated heterocycles. The first-order valence-corrected chi connectivity index (χ1v) is 5.94. The highest BCUT2D eigenvalue weighted by atomic mass is 14.9. The van der Waals surface area contributed by atoms with Crippen molar-refractivity contribution in [1.82, 2.24) is 19.9 Å². The SMILES string of the molecule is CCc1nc2cc3ncnc3cc2[nH]c1CC. The van der Waals surface area contributed by atoms with E-state index in [9.17, 15) is 0 Å². The molecule has 4 heteroatoms. The number of hydrogen-bond acceptors (Lipinski definition) is 3. The molecule has 4 nitrogen and oxygen atoms in total. The van der Waals surface area contributed by atoms with E-state index in [1.165, 1.54) is 5.69 Å². The molecule has 0 aliphatic carbocycles. The van der Waals surface area contributed by atoms with Gasteiger partial charge in [0.1, 0.15) is 6.33 Å². The number of aryl methyl sites for hydroxylation is 2. The third kappa shape index (κ3) is 1.56. The fraction of sp³-hybridized carbons (Fsp3) is 0.308. The lowest BCUT2D eigenvalue weighted by atomic mass is 10.2. The Kier molecular flexibility index (Phi) is 2.28. The maximum atomic E-state index is 4.70. The number of rotatable bonds is 2. The van der Waals surface area contributed by atoms with Crippen molar-refractivity contribution in [3.8, 4) is 0 Å². The van der Waals surface area contributed by atoms with Crippen molar-refractivity contribution in [3.63, 3.8) is 0 Å². The van der Waals surface area contributed by atoms with Gasteiger partial charge >= 0.3 is 0 Å². The Morgan fingerprint density at radius 1 is 1.00 bits per heavy atom. The van der Waals surface area contributed by atoms with Crippen molar-refractivity contribution in [1.29, 1.82) is 0 Å². The fourth-order valence-electron chi connectivity index (χ4n) is 2.15. The van der Waals surface area contributed by atoms with Gasteiger partial charge in [0.15, 0.2) is 0 Å². The van der Waals surface area contributed by atoms with Gasteiger partial charge in [-0.3, -0.25) is 0 Å². The summed E-state index contributed by atoms with van der Waals surface area (Å²) in [5.74, 6) is 0. The largest absolute Gasteiger partial charge is 0.356 e. The first kappa shape index (κ1) is 10.2. The Morgan fingerprint density at radius 3 is 2.47 bits per heavy atom. The van der Waals surface area contributed by atoms with Gasteiger partial charge in [-0.2, -0.15) is 0 Å². The van der Waals surface area contributed by atoms with E-state index in [0.717, 1.165) is 40.6 Å². The summed E-state index contributed by atoms with van der Waals surface area (Å²) in [5.41, 5.74) is 6.17. The molecule has 1 aromatic carbocycles. The summed E-state index contributed by atoms with van der Waals surface area (Å²) in [4.78, 5) is 16.6. The van der Waals surface area contributed by atoms with E-state index in [2.05, 4.69) is 28.8 Å². The summed E-state index contributed by atoms with van der Waals surface area (Å²) in [6.45, 7) is 4.27. The van der Waals surface area contributed by atoms with Crippen molar-refractivity contribution in [2.45, 2.75) is 26.7 Å². The van der Waals surface area contributed by atoms with E-state index in [4.69, 9.17) is 4.98 Å². The monoisotopic (exact) mass is 226 g/mol. The molecule has 0 amide bonds. The van der Waals surface area contributed by atoms with E-state index < -0.39 is 0 Å². The minimum absolute atomic E-state index is 0.907. The van der Waals surface area contributed by atoms with Crippen LogP contribution >= 0.6 is 0 Å². The molecule has 86 valence electrons. The van der Waals surface area contributed by atoms with E-state index in [1.54, 1.807) is 6.33 Å². The quantitative estimate of drug-likeness (QED) is 0.730. The molecule has 2 heterocycles. The Labute approximate surface area is 99.1 Å². The zero-order valence-electron chi connectivity index (χ0n) is 9.99. The molecule has 3 rings (SSSR count). The van der Waals surface area contributed by atoms with E-state index >= 15 is 0 Å². The molecule has 1 N–H and O–H groups in total. The number of nitrogens with zero attached hydrogens (tertiary/aromatic N) is 3. The van der Waals surface area contributed by atoms with Crippen LogP contribution in [-0.2, 0) is 12.8 Å². The first-order valence-electron chi connectivity index (χ1n) is 5.94. The Hall–Kier alpha value is -1.97. The predicted octanol–water partition coefficient (Wildman–Crippen LogP) is 2.63. The number of hydrogen-bond donors (Lipinski definition) is 1. The molecule has 0 spiro atoms. The first-order chi connectivity index (χ1) is 8.31. The molecule has 0 unspecified atom stereocenters. The summed E-state index contributed by atoms with van der Waals surface area (Å²) in [7, 11) is 0. The van der Waals surface area contributed by atoms with Gasteiger partial charge in [-0.25, -0.2) is 15.0 Å². The van der Waals surface area contributed by atoms with Gasteiger partial charge in [0.2, 0.25) is 0 Å². The Balaban J connectivity index is 2.36. The standard InChI is InChI=1S/C13H14N4/c1-3-8-9(4-2)17-13-6-11-10(14-7-15-11)5-12(13)16-8/h5-7,16H,3-4H2,1-2H3. The van der Waals surface area contributed by atoms with Crippen LogP contribution in [0.2, 0.25) is 0 Å². The zero-order chi connectivity index (χ0) is 11.8. The van der Waals surface area contributed by atoms with Crippen LogP contribution in [0.15, 0.2) is 18.5 Å². The topological polar surface area (TPSA) is 54.5 Å².